The summed E-state index contributed by atoms with van der Waals surface area (Å²) in [6.07, 6.45) is 3.19. The van der Waals surface area contributed by atoms with Gasteiger partial charge in [-0.2, -0.15) is 0 Å². The van der Waals surface area contributed by atoms with Gasteiger partial charge in [-0.25, -0.2) is 0 Å². The largest absolute Gasteiger partial charge is 0.493 e. The number of allylic oxidation sites excluding steroid dienone is 1. The first-order chi connectivity index (χ1) is 14.1. The molecule has 0 radical (unpaired) electrons. The highest BCUT2D eigenvalue weighted by Gasteiger charge is 2.33. The molecule has 4 heteroatoms. The van der Waals surface area contributed by atoms with Crippen LogP contribution in [-0.2, 0) is 17.6 Å². The minimum absolute atomic E-state index is 0.186. The Morgan fingerprint density at radius 1 is 1.14 bits per heavy atom. The van der Waals surface area contributed by atoms with E-state index >= 15 is 0 Å². The van der Waals surface area contributed by atoms with E-state index in [2.05, 4.69) is 54.3 Å². The highest BCUT2D eigenvalue weighted by molar-refractivity contribution is 5.73. The zero-order valence-electron chi connectivity index (χ0n) is 16.9. The van der Waals surface area contributed by atoms with Crippen LogP contribution in [-0.4, -0.2) is 42.2 Å². The summed E-state index contributed by atoms with van der Waals surface area (Å²) in [5.74, 6) is 0.631. The normalized spacial score (nSPS) is 21.1. The molecule has 0 spiro atoms. The van der Waals surface area contributed by atoms with E-state index in [9.17, 15) is 4.79 Å². The predicted molar refractivity (Wildman–Crippen MR) is 113 cm³/mol. The van der Waals surface area contributed by atoms with Gasteiger partial charge in [0.1, 0.15) is 5.75 Å². The van der Waals surface area contributed by atoms with Gasteiger partial charge in [-0.15, -0.1) is 0 Å². The van der Waals surface area contributed by atoms with E-state index in [1.165, 1.54) is 33.4 Å². The second-order valence-electron chi connectivity index (χ2n) is 8.69. The van der Waals surface area contributed by atoms with Crippen molar-refractivity contribution in [1.29, 1.82) is 0 Å². The molecule has 1 N–H and O–H groups in total. The number of hydrogen-bond donors (Lipinski definition) is 1. The van der Waals surface area contributed by atoms with Gasteiger partial charge in [-0.05, 0) is 66.1 Å². The zero-order valence-corrected chi connectivity index (χ0v) is 16.9. The van der Waals surface area contributed by atoms with Crippen molar-refractivity contribution >= 4 is 11.5 Å². The lowest BCUT2D eigenvalue weighted by molar-refractivity contribution is -0.147. The minimum atomic E-state index is -0.668. The second-order valence-corrected chi connectivity index (χ2v) is 8.69. The molecule has 5 rings (SSSR count). The highest BCUT2D eigenvalue weighted by atomic mass is 16.5. The Labute approximate surface area is 171 Å². The van der Waals surface area contributed by atoms with Crippen LogP contribution in [0.15, 0.2) is 48.0 Å². The Morgan fingerprint density at radius 2 is 1.97 bits per heavy atom. The van der Waals surface area contributed by atoms with Crippen LogP contribution in [0, 0.1) is 5.92 Å². The molecule has 1 unspecified atom stereocenters. The summed E-state index contributed by atoms with van der Waals surface area (Å²) < 4.78 is 6.14. The maximum Gasteiger partial charge on any atom is 0.309 e. The van der Waals surface area contributed by atoms with Gasteiger partial charge in [0.25, 0.3) is 0 Å². The van der Waals surface area contributed by atoms with Crippen LogP contribution in [0.3, 0.4) is 0 Å². The van der Waals surface area contributed by atoms with Gasteiger partial charge in [0.05, 0.1) is 12.5 Å². The van der Waals surface area contributed by atoms with E-state index in [0.717, 1.165) is 38.2 Å². The molecule has 1 atom stereocenters. The lowest BCUT2D eigenvalue weighted by Gasteiger charge is -2.38. The number of carboxylic acid groups (broad SMARTS) is 1. The molecule has 1 saturated heterocycles. The fraction of sp³-hybridized carbons (Fsp3) is 0.400. The number of ether oxygens (including phenoxy) is 1. The van der Waals surface area contributed by atoms with E-state index in [1.54, 1.807) is 0 Å². The molecule has 29 heavy (non-hydrogen) atoms. The first-order valence-electron chi connectivity index (χ1n) is 10.6. The van der Waals surface area contributed by atoms with E-state index in [0.29, 0.717) is 19.0 Å². The lowest BCUT2D eigenvalue weighted by atomic mass is 9.78. The van der Waals surface area contributed by atoms with E-state index in [4.69, 9.17) is 9.84 Å². The number of benzene rings is 2. The fourth-order valence-electron chi connectivity index (χ4n) is 4.93. The third-order valence-electron chi connectivity index (χ3n) is 6.84. The molecule has 1 fully saturated rings. The Kier molecular flexibility index (Phi) is 4.67. The third kappa shape index (κ3) is 3.46. The van der Waals surface area contributed by atoms with Crippen LogP contribution in [0.2, 0.25) is 0 Å². The molecule has 1 heterocycles. The summed E-state index contributed by atoms with van der Waals surface area (Å²) >= 11 is 0. The zero-order chi connectivity index (χ0) is 20.0. The molecule has 2 aromatic rings. The summed E-state index contributed by atoms with van der Waals surface area (Å²) in [6, 6.07) is 15.1. The smallest absolute Gasteiger partial charge is 0.309 e. The molecule has 0 bridgehead atoms. The van der Waals surface area contributed by atoms with Gasteiger partial charge < -0.3 is 9.84 Å². The molecular weight excluding hydrogens is 362 g/mol. The van der Waals surface area contributed by atoms with E-state index in [1.807, 2.05) is 0 Å². The number of likely N-dealkylation sites (tertiary alicyclic amines) is 1. The molecule has 0 aromatic heterocycles. The predicted octanol–water partition coefficient (Wildman–Crippen LogP) is 4.14. The number of carbonyl (C=O) groups is 1. The third-order valence-corrected chi connectivity index (χ3v) is 6.84. The van der Waals surface area contributed by atoms with Gasteiger partial charge in [0.15, 0.2) is 0 Å². The van der Waals surface area contributed by atoms with Gasteiger partial charge in [0.2, 0.25) is 0 Å². The second kappa shape index (κ2) is 7.34. The van der Waals surface area contributed by atoms with Crippen molar-refractivity contribution in [3.63, 3.8) is 0 Å². The quantitative estimate of drug-likeness (QED) is 0.807. The number of aliphatic carboxylic acids is 1. The first-order valence-corrected chi connectivity index (χ1v) is 10.6. The van der Waals surface area contributed by atoms with E-state index in [-0.39, 0.29) is 5.92 Å². The Hall–Kier alpha value is -2.59. The van der Waals surface area contributed by atoms with Crippen molar-refractivity contribution in [2.75, 3.05) is 26.2 Å². The van der Waals surface area contributed by atoms with Crippen molar-refractivity contribution in [3.8, 4) is 5.75 Å². The lowest BCUT2D eigenvalue weighted by Crippen LogP contribution is -2.50. The number of fused-ring (bicyclic) bond motifs is 2. The maximum atomic E-state index is 11.0. The van der Waals surface area contributed by atoms with Crippen LogP contribution >= 0.6 is 0 Å². The molecule has 2 aromatic carbocycles. The Balaban J connectivity index is 1.22. The standard InChI is InChI=1S/C25H27NO3/c1-16-19(12-26-13-21(14-26)25(27)28)7-6-18-11-22(8-9-23(16)18)29-15-20-10-17-4-2-3-5-24(17)20/h2-5,8-9,11,20-21H,6-7,10,12-15H2,1H3,(H,27,28). The first kappa shape index (κ1) is 18.4. The monoisotopic (exact) mass is 389 g/mol. The minimum Gasteiger partial charge on any atom is -0.493 e. The molecule has 0 amide bonds. The van der Waals surface area contributed by atoms with Crippen molar-refractivity contribution in [1.82, 2.24) is 4.90 Å². The Morgan fingerprint density at radius 3 is 2.76 bits per heavy atom. The summed E-state index contributed by atoms with van der Waals surface area (Å²) in [5.41, 5.74) is 8.37. The van der Waals surface area contributed by atoms with Crippen LogP contribution in [0.4, 0.5) is 0 Å². The van der Waals surface area contributed by atoms with Gasteiger partial charge in [-0.3, -0.25) is 9.69 Å². The topological polar surface area (TPSA) is 49.8 Å². The van der Waals surface area contributed by atoms with Crippen molar-refractivity contribution in [2.24, 2.45) is 5.92 Å². The number of carboxylic acids is 1. The number of nitrogens with zero attached hydrogens (tertiary/aromatic N) is 1. The van der Waals surface area contributed by atoms with Crippen molar-refractivity contribution < 1.29 is 14.6 Å². The molecule has 2 aliphatic carbocycles. The fourth-order valence-corrected chi connectivity index (χ4v) is 4.93. The molecular formula is C25H27NO3. The maximum absolute atomic E-state index is 11.0. The summed E-state index contributed by atoms with van der Waals surface area (Å²) in [6.45, 7) is 5.20. The molecule has 0 saturated carbocycles. The van der Waals surface area contributed by atoms with Crippen LogP contribution in [0.25, 0.3) is 5.57 Å². The van der Waals surface area contributed by atoms with Gasteiger partial charge in [-0.1, -0.05) is 35.9 Å². The number of rotatable bonds is 6. The summed E-state index contributed by atoms with van der Waals surface area (Å²) in [4.78, 5) is 13.3. The average Bonchev–Trinajstić information content (AvgIpc) is 2.66. The number of aryl methyl sites for hydroxylation is 1. The number of hydrogen-bond acceptors (Lipinski definition) is 3. The molecule has 150 valence electrons. The van der Waals surface area contributed by atoms with Gasteiger partial charge in [0, 0.05) is 25.6 Å². The summed E-state index contributed by atoms with van der Waals surface area (Å²) in [7, 11) is 0. The SMILES string of the molecule is CC1=C(CN2CC(C(=O)O)C2)CCc2cc(OCC3Cc4ccccc43)ccc21. The van der Waals surface area contributed by atoms with Crippen LogP contribution in [0.1, 0.15) is 41.5 Å². The van der Waals surface area contributed by atoms with Crippen molar-refractivity contribution in [3.05, 3.63) is 70.3 Å². The van der Waals surface area contributed by atoms with Gasteiger partial charge >= 0.3 is 5.97 Å². The van der Waals surface area contributed by atoms with E-state index < -0.39 is 5.97 Å². The highest BCUT2D eigenvalue weighted by Crippen LogP contribution is 2.37. The summed E-state index contributed by atoms with van der Waals surface area (Å²) in [5, 5.41) is 9.06. The van der Waals surface area contributed by atoms with Crippen molar-refractivity contribution in [2.45, 2.75) is 32.1 Å². The van der Waals surface area contributed by atoms with Crippen LogP contribution < -0.4 is 4.74 Å². The average molecular weight is 389 g/mol. The molecule has 4 nitrogen and oxygen atoms in total. The van der Waals surface area contributed by atoms with Crippen LogP contribution in [0.5, 0.6) is 5.75 Å². The molecule has 1 aliphatic heterocycles. The Bertz CT molecular complexity index is 987. The molecule has 3 aliphatic rings.